The monoisotopic (exact) mass is 649 g/mol. The Balaban J connectivity index is 1.31. The van der Waals surface area contributed by atoms with Crippen LogP contribution in [0.5, 0.6) is 0 Å². The SMILES string of the molecule is O=C(OCc1ccc(Cl)c(Cl)c1)[C@@H](Cc1ccccc1)N1C(=O)[C@@H]2[C@H](C1=O)C1(Cl)c3ccccc3C2(Cl)c2ccccc21. The van der Waals surface area contributed by atoms with Gasteiger partial charge in [-0.15, -0.1) is 23.2 Å². The van der Waals surface area contributed by atoms with Gasteiger partial charge in [0, 0.05) is 6.42 Å². The molecule has 3 aliphatic carbocycles. The van der Waals surface area contributed by atoms with Gasteiger partial charge in [-0.25, -0.2) is 4.79 Å². The first kappa shape index (κ1) is 28.4. The molecular formula is C34H23Cl4NO4. The van der Waals surface area contributed by atoms with Crippen molar-refractivity contribution < 1.29 is 19.1 Å². The van der Waals surface area contributed by atoms with Gasteiger partial charge < -0.3 is 4.74 Å². The Kier molecular flexibility index (Phi) is 6.86. The molecule has 216 valence electrons. The largest absolute Gasteiger partial charge is 0.459 e. The summed E-state index contributed by atoms with van der Waals surface area (Å²) in [5.74, 6) is -3.88. The van der Waals surface area contributed by atoms with E-state index in [0.717, 1.165) is 10.5 Å². The van der Waals surface area contributed by atoms with Crippen molar-refractivity contribution in [2.24, 2.45) is 11.8 Å². The zero-order valence-corrected chi connectivity index (χ0v) is 25.5. The first-order valence-corrected chi connectivity index (χ1v) is 15.3. The molecule has 1 aliphatic heterocycles. The van der Waals surface area contributed by atoms with Crippen LogP contribution in [0, 0.1) is 11.8 Å². The van der Waals surface area contributed by atoms with Gasteiger partial charge in [-0.1, -0.05) is 108 Å². The smallest absolute Gasteiger partial charge is 0.330 e. The molecule has 1 fully saturated rings. The number of halogens is 4. The molecule has 8 rings (SSSR count). The zero-order valence-electron chi connectivity index (χ0n) is 22.5. The minimum Gasteiger partial charge on any atom is -0.459 e. The lowest BCUT2D eigenvalue weighted by molar-refractivity contribution is -0.159. The van der Waals surface area contributed by atoms with Gasteiger partial charge in [-0.3, -0.25) is 14.5 Å². The molecule has 4 aliphatic rings. The van der Waals surface area contributed by atoms with Gasteiger partial charge in [0.1, 0.15) is 22.4 Å². The fourth-order valence-electron chi connectivity index (χ4n) is 6.99. The maximum absolute atomic E-state index is 14.5. The van der Waals surface area contributed by atoms with E-state index in [4.69, 9.17) is 51.1 Å². The number of hydrogen-bond acceptors (Lipinski definition) is 4. The highest BCUT2D eigenvalue weighted by atomic mass is 35.5. The maximum Gasteiger partial charge on any atom is 0.330 e. The van der Waals surface area contributed by atoms with E-state index in [-0.39, 0.29) is 13.0 Å². The average molecular weight is 651 g/mol. The van der Waals surface area contributed by atoms with Gasteiger partial charge in [-0.2, -0.15) is 0 Å². The number of ether oxygens (including phenoxy) is 1. The molecule has 0 aromatic heterocycles. The van der Waals surface area contributed by atoms with Crippen molar-refractivity contribution in [1.29, 1.82) is 0 Å². The Morgan fingerprint density at radius 3 is 1.67 bits per heavy atom. The van der Waals surface area contributed by atoms with Gasteiger partial charge in [0.25, 0.3) is 0 Å². The second kappa shape index (κ2) is 10.4. The average Bonchev–Trinajstić information content (AvgIpc) is 3.30. The van der Waals surface area contributed by atoms with Gasteiger partial charge >= 0.3 is 5.97 Å². The Labute approximate surface area is 268 Å². The summed E-state index contributed by atoms with van der Waals surface area (Å²) in [5, 5.41) is 0.690. The van der Waals surface area contributed by atoms with E-state index in [1.807, 2.05) is 78.9 Å². The first-order valence-electron chi connectivity index (χ1n) is 13.8. The second-order valence-corrected chi connectivity index (χ2v) is 13.1. The topological polar surface area (TPSA) is 63.7 Å². The molecule has 2 bridgehead atoms. The van der Waals surface area contributed by atoms with Crippen molar-refractivity contribution in [1.82, 2.24) is 4.90 Å². The fourth-order valence-corrected chi connectivity index (χ4v) is 8.41. The number of nitrogens with zero attached hydrogens (tertiary/aromatic N) is 1. The van der Waals surface area contributed by atoms with Gasteiger partial charge in [-0.05, 0) is 45.5 Å². The number of imide groups is 1. The number of benzene rings is 4. The molecule has 0 radical (unpaired) electrons. The predicted octanol–water partition coefficient (Wildman–Crippen LogP) is 7.24. The van der Waals surface area contributed by atoms with E-state index >= 15 is 0 Å². The molecule has 4 aromatic rings. The Hall–Kier alpha value is -3.35. The molecule has 5 nitrogen and oxygen atoms in total. The highest BCUT2D eigenvalue weighted by Gasteiger charge is 2.73. The van der Waals surface area contributed by atoms with Crippen molar-refractivity contribution in [3.05, 3.63) is 140 Å². The van der Waals surface area contributed by atoms with Crippen LogP contribution in [0.2, 0.25) is 10.0 Å². The van der Waals surface area contributed by atoms with E-state index in [1.165, 1.54) is 0 Å². The summed E-state index contributed by atoms with van der Waals surface area (Å²) in [5.41, 5.74) is 4.13. The van der Waals surface area contributed by atoms with Crippen LogP contribution in [0.15, 0.2) is 97.1 Å². The van der Waals surface area contributed by atoms with Crippen LogP contribution >= 0.6 is 46.4 Å². The van der Waals surface area contributed by atoms with Crippen molar-refractivity contribution in [3.8, 4) is 0 Å². The molecule has 0 N–H and O–H groups in total. The summed E-state index contributed by atoms with van der Waals surface area (Å²) in [4.78, 5) is 41.2. The quantitative estimate of drug-likeness (QED) is 0.125. The number of alkyl halides is 2. The summed E-state index contributed by atoms with van der Waals surface area (Å²) in [6.45, 7) is -0.125. The molecule has 0 saturated carbocycles. The number of esters is 1. The van der Waals surface area contributed by atoms with E-state index in [0.29, 0.717) is 37.9 Å². The number of hydrogen-bond donors (Lipinski definition) is 0. The molecule has 0 unspecified atom stereocenters. The summed E-state index contributed by atoms with van der Waals surface area (Å²) in [6.07, 6.45) is 0.0580. The fraction of sp³-hybridized carbons (Fsp3) is 0.206. The number of amides is 2. The lowest BCUT2D eigenvalue weighted by Crippen LogP contribution is -2.57. The molecule has 0 spiro atoms. The van der Waals surface area contributed by atoms with E-state index in [2.05, 4.69) is 0 Å². The maximum atomic E-state index is 14.5. The second-order valence-electron chi connectivity index (χ2n) is 11.1. The van der Waals surface area contributed by atoms with E-state index in [9.17, 15) is 14.4 Å². The summed E-state index contributed by atoms with van der Waals surface area (Å²) >= 11 is 27.3. The Bertz CT molecular complexity index is 1690. The van der Waals surface area contributed by atoms with Crippen molar-refractivity contribution in [2.45, 2.75) is 28.8 Å². The van der Waals surface area contributed by atoms with Crippen LogP contribution in [0.3, 0.4) is 0 Å². The molecule has 1 heterocycles. The van der Waals surface area contributed by atoms with Gasteiger partial charge in [0.15, 0.2) is 0 Å². The number of carbonyl (C=O) groups is 3. The molecule has 3 atom stereocenters. The van der Waals surface area contributed by atoms with Crippen LogP contribution in [-0.2, 0) is 41.9 Å². The molecule has 43 heavy (non-hydrogen) atoms. The summed E-state index contributed by atoms with van der Waals surface area (Å²) in [6, 6.07) is 27.7. The molecular weight excluding hydrogens is 628 g/mol. The van der Waals surface area contributed by atoms with Crippen molar-refractivity contribution >= 4 is 64.2 Å². The zero-order chi connectivity index (χ0) is 30.1. The number of carbonyl (C=O) groups excluding carboxylic acids is 3. The third kappa shape index (κ3) is 4.09. The van der Waals surface area contributed by atoms with Crippen molar-refractivity contribution in [3.63, 3.8) is 0 Å². The normalized spacial score (nSPS) is 25.6. The summed E-state index contributed by atoms with van der Waals surface area (Å²) in [7, 11) is 0. The Morgan fingerprint density at radius 1 is 0.698 bits per heavy atom. The Morgan fingerprint density at radius 2 is 1.19 bits per heavy atom. The first-order chi connectivity index (χ1) is 20.7. The molecule has 1 saturated heterocycles. The standard InChI is InChI=1S/C34H23Cl4NO4/c35-25-15-14-20(16-26(25)36)18-43-32(42)27(17-19-8-2-1-3-9-19)39-30(40)28-29(31(39)41)34(38)22-11-5-4-10-21(22)33(28,37)23-12-6-7-13-24(23)34/h1-16,27-29H,17-18H2/t27-,28-,29+,33?,34?/m1/s1. The van der Waals surface area contributed by atoms with E-state index < -0.39 is 45.4 Å². The van der Waals surface area contributed by atoms with Gasteiger partial charge in [0.2, 0.25) is 11.8 Å². The molecule has 9 heteroatoms. The van der Waals surface area contributed by atoms with Crippen LogP contribution in [-0.4, -0.2) is 28.7 Å². The van der Waals surface area contributed by atoms with E-state index in [1.54, 1.807) is 18.2 Å². The van der Waals surface area contributed by atoms with Gasteiger partial charge in [0.05, 0.1) is 21.9 Å². The van der Waals surface area contributed by atoms with Crippen LogP contribution in [0.4, 0.5) is 0 Å². The molecule has 2 amide bonds. The van der Waals surface area contributed by atoms with Crippen LogP contribution < -0.4 is 0 Å². The third-order valence-electron chi connectivity index (χ3n) is 8.84. The predicted molar refractivity (Wildman–Crippen MR) is 165 cm³/mol. The highest BCUT2D eigenvalue weighted by molar-refractivity contribution is 6.42. The van der Waals surface area contributed by atoms with Crippen LogP contribution in [0.1, 0.15) is 33.4 Å². The lowest BCUT2D eigenvalue weighted by Gasteiger charge is -2.54. The third-order valence-corrected chi connectivity index (χ3v) is 10.9. The highest BCUT2D eigenvalue weighted by Crippen LogP contribution is 2.69. The molecule has 4 aromatic carbocycles. The lowest BCUT2D eigenvalue weighted by atomic mass is 9.54. The van der Waals surface area contributed by atoms with Crippen LogP contribution in [0.25, 0.3) is 0 Å². The minimum atomic E-state index is -1.35. The number of rotatable bonds is 6. The number of likely N-dealkylation sites (tertiary alicyclic amines) is 1. The minimum absolute atomic E-state index is 0.0580. The summed E-state index contributed by atoms with van der Waals surface area (Å²) < 4.78 is 5.71. The van der Waals surface area contributed by atoms with Crippen molar-refractivity contribution in [2.75, 3.05) is 0 Å².